The molecular weight excluding hydrogens is 513 g/mol. The summed E-state index contributed by atoms with van der Waals surface area (Å²) in [7, 11) is 16.6. The second-order valence-electron chi connectivity index (χ2n) is 13.5. The molecule has 4 aromatic rings. The van der Waals surface area contributed by atoms with E-state index in [4.69, 9.17) is 10.5 Å². The minimum atomic E-state index is -0.895. The van der Waals surface area contributed by atoms with Crippen molar-refractivity contribution in [2.45, 2.75) is 21.5 Å². The average molecular weight is 548 g/mol. The van der Waals surface area contributed by atoms with Gasteiger partial charge in [-0.2, -0.15) is 0 Å². The van der Waals surface area contributed by atoms with Crippen molar-refractivity contribution >= 4 is 91.1 Å². The Bertz CT molecular complexity index is 1620. The van der Waals surface area contributed by atoms with Gasteiger partial charge in [0.2, 0.25) is 5.91 Å². The van der Waals surface area contributed by atoms with E-state index in [0.717, 1.165) is 27.5 Å². The lowest BCUT2D eigenvalue weighted by Gasteiger charge is -2.30. The van der Waals surface area contributed by atoms with Gasteiger partial charge >= 0.3 is 5.97 Å². The third-order valence-electron chi connectivity index (χ3n) is 7.73. The molecule has 3 aromatic carbocycles. The maximum atomic E-state index is 13.5. The number of esters is 1. The van der Waals surface area contributed by atoms with Crippen molar-refractivity contribution in [3.63, 3.8) is 0 Å². The molecule has 0 radical (unpaired) electrons. The smallest absolute Gasteiger partial charge is 0.337 e. The summed E-state index contributed by atoms with van der Waals surface area (Å²) < 4.78 is 6.11. The molecule has 4 rings (SSSR count). The molecule has 0 saturated heterocycles. The highest BCUT2D eigenvalue weighted by Gasteiger charge is 2.31. The number of nitrogens with one attached hydrogen (secondary N) is 1. The monoisotopic (exact) mass is 549 g/mol. The number of pyridine rings is 1. The van der Waals surface area contributed by atoms with Crippen molar-refractivity contribution in [2.24, 2.45) is 5.73 Å². The van der Waals surface area contributed by atoms with Gasteiger partial charge in [0.1, 0.15) is 0 Å². The molecule has 0 unspecified atom stereocenters. The summed E-state index contributed by atoms with van der Waals surface area (Å²) in [5.74, 6) is -1.08. The number of nitrogens with two attached hydrogens (primary N) is 1. The van der Waals surface area contributed by atoms with Gasteiger partial charge in [-0.15, -0.1) is 0 Å². The first-order valence-corrected chi connectivity index (χ1v) is 14.4. The Morgan fingerprint density at radius 3 is 2.10 bits per heavy atom. The molecule has 0 aliphatic carbocycles. The lowest BCUT2D eigenvalue weighted by molar-refractivity contribution is -0.117. The zero-order valence-corrected chi connectivity index (χ0v) is 26.0. The van der Waals surface area contributed by atoms with E-state index in [1.165, 1.54) is 5.56 Å². The highest BCUT2D eigenvalue weighted by Crippen LogP contribution is 2.29. The van der Waals surface area contributed by atoms with Crippen LogP contribution in [0, 0.1) is 0 Å². The SMILES string of the molecule is BC(B)(B)c1ccc(C(=O)OC(B)(B)c2ccc([C@@H](CN)C(=O)Nc3ccc4cnccc4c3)cc2)c(C(B)(B)B)c1. The van der Waals surface area contributed by atoms with Crippen molar-refractivity contribution in [1.82, 2.24) is 4.98 Å². The third-order valence-corrected chi connectivity index (χ3v) is 7.73. The summed E-state index contributed by atoms with van der Waals surface area (Å²) in [5, 5.41) is 3.83. The first kappa shape index (κ1) is 31.4. The number of ether oxygens (including phenoxy) is 1. The number of carbonyl (C=O) groups excluding carboxylic acids is 2. The van der Waals surface area contributed by atoms with Gasteiger partial charge in [-0.05, 0) is 40.8 Å². The number of aromatic nitrogens is 1. The molecular formula is C28H35B8N3O3. The van der Waals surface area contributed by atoms with E-state index in [9.17, 15) is 9.59 Å². The standard InChI is InChI=1S/C28H35B8N3O3/c29-26(30,31)19-6-8-21(23(12-19)27(32,33)34)25(41)42-28(35,36)18-4-1-15(2-5-18)22(13-37)24(40)39-20-7-3-17-14-38-10-9-16(17)11-20/h1-12,14,22H,13,29-37H2,(H,39,40)/t22-/m1/s1. The van der Waals surface area contributed by atoms with Crippen LogP contribution in [0.2, 0.25) is 0 Å². The Labute approximate surface area is 256 Å². The largest absolute Gasteiger partial charge is 0.470 e. The highest BCUT2D eigenvalue weighted by atomic mass is 16.5. The zero-order chi connectivity index (χ0) is 30.9. The topological polar surface area (TPSA) is 94.3 Å². The van der Waals surface area contributed by atoms with Crippen LogP contribution in [-0.4, -0.2) is 86.2 Å². The molecule has 6 nitrogen and oxygen atoms in total. The maximum Gasteiger partial charge on any atom is 0.337 e. The van der Waals surface area contributed by atoms with Crippen molar-refractivity contribution in [1.29, 1.82) is 0 Å². The van der Waals surface area contributed by atoms with Gasteiger partial charge in [0.25, 0.3) is 0 Å². The average Bonchev–Trinajstić information content (AvgIpc) is 2.92. The van der Waals surface area contributed by atoms with Gasteiger partial charge in [-0.3, -0.25) is 9.78 Å². The van der Waals surface area contributed by atoms with Crippen LogP contribution in [0.15, 0.2) is 79.1 Å². The number of fused-ring (bicyclic) bond motifs is 1. The van der Waals surface area contributed by atoms with E-state index in [1.54, 1.807) is 12.4 Å². The van der Waals surface area contributed by atoms with E-state index in [0.29, 0.717) is 11.3 Å². The van der Waals surface area contributed by atoms with Gasteiger partial charge in [0.05, 0.1) is 64.0 Å². The Kier molecular flexibility index (Phi) is 8.98. The summed E-state index contributed by atoms with van der Waals surface area (Å²) in [6.45, 7) is 0.154. The van der Waals surface area contributed by atoms with Crippen LogP contribution in [-0.2, 0) is 25.2 Å². The van der Waals surface area contributed by atoms with Crippen molar-refractivity contribution in [2.75, 3.05) is 11.9 Å². The van der Waals surface area contributed by atoms with E-state index in [-0.39, 0.29) is 28.6 Å². The van der Waals surface area contributed by atoms with Gasteiger partial charge in [-0.25, -0.2) is 4.79 Å². The Morgan fingerprint density at radius 1 is 0.810 bits per heavy atom. The molecule has 14 heteroatoms. The zero-order valence-electron chi connectivity index (χ0n) is 26.0. The second kappa shape index (κ2) is 12.0. The summed E-state index contributed by atoms with van der Waals surface area (Å²) in [6, 6.07) is 21.2. The molecule has 0 spiro atoms. The van der Waals surface area contributed by atoms with Gasteiger partial charge in [0, 0.05) is 30.0 Å². The molecule has 0 fully saturated rings. The number of rotatable bonds is 9. The molecule has 3 N–H and O–H groups in total. The van der Waals surface area contributed by atoms with E-state index in [1.807, 2.05) is 76.4 Å². The molecule has 1 aromatic heterocycles. The second-order valence-corrected chi connectivity index (χ2v) is 13.5. The molecule has 204 valence electrons. The third kappa shape index (κ3) is 7.09. The van der Waals surface area contributed by atoms with Crippen LogP contribution in [0.4, 0.5) is 5.69 Å². The fourth-order valence-electron chi connectivity index (χ4n) is 5.06. The number of anilines is 1. The fourth-order valence-corrected chi connectivity index (χ4v) is 5.06. The van der Waals surface area contributed by atoms with Gasteiger partial charge < -0.3 is 15.8 Å². The number of amides is 1. The Morgan fingerprint density at radius 2 is 1.48 bits per heavy atom. The number of hydrogen-bond donors (Lipinski definition) is 2. The Balaban J connectivity index is 1.51. The van der Waals surface area contributed by atoms with Crippen LogP contribution < -0.4 is 11.1 Å². The quantitative estimate of drug-likeness (QED) is 0.165. The van der Waals surface area contributed by atoms with Crippen molar-refractivity contribution in [3.05, 3.63) is 107 Å². The van der Waals surface area contributed by atoms with Crippen LogP contribution in [0.25, 0.3) is 10.8 Å². The van der Waals surface area contributed by atoms with Gasteiger partial charge in [0.15, 0.2) is 15.7 Å². The van der Waals surface area contributed by atoms with Crippen molar-refractivity contribution < 1.29 is 14.3 Å². The molecule has 1 amide bonds. The molecule has 0 aliphatic heterocycles. The first-order valence-electron chi connectivity index (χ1n) is 14.4. The minimum absolute atomic E-state index is 0.0328. The lowest BCUT2D eigenvalue weighted by Crippen LogP contribution is -2.36. The Hall–Kier alpha value is -3.51. The molecule has 0 aliphatic rings. The number of nitrogens with zero attached hydrogens (tertiary/aromatic N) is 1. The molecule has 42 heavy (non-hydrogen) atoms. The lowest BCUT2D eigenvalue weighted by atomic mass is 9.37. The number of carbonyl (C=O) groups is 2. The van der Waals surface area contributed by atoms with Crippen molar-refractivity contribution in [3.8, 4) is 0 Å². The summed E-state index contributed by atoms with van der Waals surface area (Å²) in [6.07, 6.45) is 3.51. The van der Waals surface area contributed by atoms with Gasteiger partial charge in [-0.1, -0.05) is 63.8 Å². The summed E-state index contributed by atoms with van der Waals surface area (Å²) in [5.41, 5.74) is 11.1. The number of hydrogen-bond acceptors (Lipinski definition) is 5. The van der Waals surface area contributed by atoms with E-state index >= 15 is 0 Å². The summed E-state index contributed by atoms with van der Waals surface area (Å²) in [4.78, 5) is 30.9. The highest BCUT2D eigenvalue weighted by molar-refractivity contribution is 6.60. The molecule has 0 bridgehead atoms. The first-order chi connectivity index (χ1) is 19.6. The van der Waals surface area contributed by atoms with Crippen LogP contribution in [0.5, 0.6) is 0 Å². The molecule has 1 heterocycles. The minimum Gasteiger partial charge on any atom is -0.470 e. The predicted molar refractivity (Wildman–Crippen MR) is 194 cm³/mol. The van der Waals surface area contributed by atoms with Crippen LogP contribution in [0.3, 0.4) is 0 Å². The number of benzene rings is 3. The van der Waals surface area contributed by atoms with Crippen LogP contribution >= 0.6 is 0 Å². The maximum absolute atomic E-state index is 13.5. The predicted octanol–water partition coefficient (Wildman–Crippen LogP) is -3.83. The van der Waals surface area contributed by atoms with E-state index in [2.05, 4.69) is 63.4 Å². The van der Waals surface area contributed by atoms with Crippen LogP contribution in [0.1, 0.15) is 38.5 Å². The normalized spacial score (nSPS) is 12.9. The molecule has 0 saturated carbocycles. The van der Waals surface area contributed by atoms with E-state index < -0.39 is 11.3 Å². The molecule has 1 atom stereocenters. The summed E-state index contributed by atoms with van der Waals surface area (Å²) >= 11 is 0. The fraction of sp³-hybridized carbons (Fsp3) is 0.179.